The molecule has 3 aromatic rings. The smallest absolute Gasteiger partial charge is 0.221 e. The molecule has 0 atom stereocenters. The van der Waals surface area contributed by atoms with Gasteiger partial charge in [0.15, 0.2) is 5.83 Å². The van der Waals surface area contributed by atoms with E-state index in [-0.39, 0.29) is 0 Å². The van der Waals surface area contributed by atoms with Gasteiger partial charge in [-0.05, 0) is 22.8 Å². The van der Waals surface area contributed by atoms with Crippen LogP contribution in [0.25, 0.3) is 17.2 Å². The molecule has 0 spiro atoms. The van der Waals surface area contributed by atoms with Gasteiger partial charge in [-0.3, -0.25) is 4.79 Å². The fourth-order valence-electron chi connectivity index (χ4n) is 2.34. The van der Waals surface area contributed by atoms with E-state index in [0.29, 0.717) is 11.1 Å². The van der Waals surface area contributed by atoms with Crippen molar-refractivity contribution >= 4 is 11.9 Å². The van der Waals surface area contributed by atoms with Crippen LogP contribution in [0.3, 0.4) is 0 Å². The summed E-state index contributed by atoms with van der Waals surface area (Å²) in [6.07, 6.45) is 1.27. The number of carbonyl (C=O) groups is 1. The molecule has 23 heavy (non-hydrogen) atoms. The van der Waals surface area contributed by atoms with Crippen LogP contribution >= 0.6 is 0 Å². The van der Waals surface area contributed by atoms with Crippen molar-refractivity contribution < 1.29 is 9.18 Å². The van der Waals surface area contributed by atoms with Gasteiger partial charge >= 0.3 is 0 Å². The van der Waals surface area contributed by atoms with Crippen LogP contribution in [0.2, 0.25) is 0 Å². The Balaban J connectivity index is 1.81. The minimum Gasteiger partial charge on any atom is -0.286 e. The average molecular weight is 302 g/mol. The number of halogens is 1. The molecule has 0 amide bonds. The molecule has 112 valence electrons. The molecule has 0 aliphatic carbocycles. The standard InChI is InChI=1S/C21H15FO/c22-20(21(23)19-9-5-2-6-10-19)15-16-11-13-18(14-12-16)17-7-3-1-4-8-17/h1-15H/b20-15-. The van der Waals surface area contributed by atoms with Gasteiger partial charge in [0.25, 0.3) is 0 Å². The second-order valence-electron chi connectivity index (χ2n) is 5.18. The van der Waals surface area contributed by atoms with E-state index in [1.165, 1.54) is 6.08 Å². The zero-order valence-electron chi connectivity index (χ0n) is 12.4. The zero-order valence-corrected chi connectivity index (χ0v) is 12.4. The predicted molar refractivity (Wildman–Crippen MR) is 91.7 cm³/mol. The van der Waals surface area contributed by atoms with E-state index >= 15 is 0 Å². The molecule has 0 bridgehead atoms. The number of allylic oxidation sites excluding steroid dienone is 1. The molecule has 0 heterocycles. The van der Waals surface area contributed by atoms with Gasteiger partial charge in [0.05, 0.1) is 0 Å². The maximum absolute atomic E-state index is 14.1. The van der Waals surface area contributed by atoms with E-state index in [4.69, 9.17) is 0 Å². The van der Waals surface area contributed by atoms with Crippen LogP contribution < -0.4 is 0 Å². The lowest BCUT2D eigenvalue weighted by molar-refractivity contribution is 0.101. The van der Waals surface area contributed by atoms with Crippen LogP contribution in [-0.2, 0) is 0 Å². The fourth-order valence-corrected chi connectivity index (χ4v) is 2.34. The first-order valence-corrected chi connectivity index (χ1v) is 7.36. The molecule has 0 unspecified atom stereocenters. The Morgan fingerprint density at radius 3 is 1.83 bits per heavy atom. The van der Waals surface area contributed by atoms with Crippen molar-refractivity contribution in [2.75, 3.05) is 0 Å². The van der Waals surface area contributed by atoms with Crippen molar-refractivity contribution in [3.8, 4) is 11.1 Å². The number of rotatable bonds is 4. The second kappa shape index (κ2) is 6.84. The van der Waals surface area contributed by atoms with E-state index in [2.05, 4.69) is 0 Å². The van der Waals surface area contributed by atoms with Gasteiger partial charge in [-0.25, -0.2) is 4.39 Å². The Bertz CT molecular complexity index is 819. The number of hydrogen-bond acceptors (Lipinski definition) is 1. The SMILES string of the molecule is O=C(/C(F)=C/c1ccc(-c2ccccc2)cc1)c1ccccc1. The molecule has 0 aliphatic heterocycles. The Morgan fingerprint density at radius 2 is 1.22 bits per heavy atom. The van der Waals surface area contributed by atoms with Gasteiger partial charge in [0, 0.05) is 5.56 Å². The minimum atomic E-state index is -0.760. The molecular formula is C21H15FO. The van der Waals surface area contributed by atoms with Gasteiger partial charge in [-0.15, -0.1) is 0 Å². The van der Waals surface area contributed by atoms with Gasteiger partial charge in [-0.2, -0.15) is 0 Å². The average Bonchev–Trinajstić information content (AvgIpc) is 2.63. The fraction of sp³-hybridized carbons (Fsp3) is 0. The second-order valence-corrected chi connectivity index (χ2v) is 5.18. The summed E-state index contributed by atoms with van der Waals surface area (Å²) in [6.45, 7) is 0. The van der Waals surface area contributed by atoms with Crippen molar-refractivity contribution in [1.82, 2.24) is 0 Å². The van der Waals surface area contributed by atoms with Crippen molar-refractivity contribution in [1.29, 1.82) is 0 Å². The van der Waals surface area contributed by atoms with Crippen LogP contribution in [0.1, 0.15) is 15.9 Å². The lowest BCUT2D eigenvalue weighted by Gasteiger charge is -2.02. The topological polar surface area (TPSA) is 17.1 Å². The van der Waals surface area contributed by atoms with Crippen LogP contribution in [0.4, 0.5) is 4.39 Å². The third kappa shape index (κ3) is 3.61. The summed E-state index contributed by atoms with van der Waals surface area (Å²) < 4.78 is 14.1. The quantitative estimate of drug-likeness (QED) is 0.456. The summed E-state index contributed by atoms with van der Waals surface area (Å²) in [6, 6.07) is 25.8. The van der Waals surface area contributed by atoms with Gasteiger partial charge < -0.3 is 0 Å². The lowest BCUT2D eigenvalue weighted by Crippen LogP contribution is -1.98. The Hall–Kier alpha value is -3.00. The molecule has 1 nitrogen and oxygen atoms in total. The summed E-state index contributed by atoms with van der Waals surface area (Å²) in [5.74, 6) is -1.36. The molecule has 0 aromatic heterocycles. The molecule has 0 saturated heterocycles. The summed E-state index contributed by atoms with van der Waals surface area (Å²) in [4.78, 5) is 12.0. The number of ketones is 1. The largest absolute Gasteiger partial charge is 0.286 e. The van der Waals surface area contributed by atoms with Crippen LogP contribution in [0.5, 0.6) is 0 Å². The van der Waals surface area contributed by atoms with Crippen molar-refractivity contribution in [3.63, 3.8) is 0 Å². The van der Waals surface area contributed by atoms with Crippen molar-refractivity contribution in [3.05, 3.63) is 102 Å². The molecule has 2 heteroatoms. The Kier molecular flexibility index (Phi) is 4.44. The van der Waals surface area contributed by atoms with Gasteiger partial charge in [-0.1, -0.05) is 84.9 Å². The maximum Gasteiger partial charge on any atom is 0.221 e. The van der Waals surface area contributed by atoms with E-state index in [0.717, 1.165) is 11.1 Å². The maximum atomic E-state index is 14.1. The van der Waals surface area contributed by atoms with Crippen LogP contribution in [0.15, 0.2) is 90.8 Å². The molecule has 3 aromatic carbocycles. The summed E-state index contributed by atoms with van der Waals surface area (Å²) in [5.41, 5.74) is 3.16. The molecule has 0 aliphatic rings. The summed E-state index contributed by atoms with van der Waals surface area (Å²) >= 11 is 0. The van der Waals surface area contributed by atoms with E-state index < -0.39 is 11.6 Å². The highest BCUT2D eigenvalue weighted by Gasteiger charge is 2.11. The molecule has 0 radical (unpaired) electrons. The van der Waals surface area contributed by atoms with Crippen LogP contribution in [-0.4, -0.2) is 5.78 Å². The molecular weight excluding hydrogens is 287 g/mol. The number of carbonyl (C=O) groups excluding carboxylic acids is 1. The number of hydrogen-bond donors (Lipinski definition) is 0. The highest BCUT2D eigenvalue weighted by molar-refractivity contribution is 6.09. The highest BCUT2D eigenvalue weighted by Crippen LogP contribution is 2.21. The van der Waals surface area contributed by atoms with E-state index in [1.54, 1.807) is 42.5 Å². The molecule has 0 saturated carbocycles. The van der Waals surface area contributed by atoms with Gasteiger partial charge in [0.2, 0.25) is 5.78 Å². The first-order valence-electron chi connectivity index (χ1n) is 7.36. The third-order valence-corrected chi connectivity index (χ3v) is 3.56. The minimum absolute atomic E-state index is 0.349. The molecule has 0 N–H and O–H groups in total. The number of benzene rings is 3. The normalized spacial score (nSPS) is 11.3. The van der Waals surface area contributed by atoms with E-state index in [1.807, 2.05) is 42.5 Å². The van der Waals surface area contributed by atoms with Crippen molar-refractivity contribution in [2.24, 2.45) is 0 Å². The van der Waals surface area contributed by atoms with Crippen LogP contribution in [0, 0.1) is 0 Å². The zero-order chi connectivity index (χ0) is 16.1. The predicted octanol–water partition coefficient (Wildman–Crippen LogP) is 5.55. The first-order chi connectivity index (χ1) is 11.2. The lowest BCUT2D eigenvalue weighted by atomic mass is 10.0. The van der Waals surface area contributed by atoms with E-state index in [9.17, 15) is 9.18 Å². The van der Waals surface area contributed by atoms with Gasteiger partial charge in [0.1, 0.15) is 0 Å². The van der Waals surface area contributed by atoms with Crippen molar-refractivity contribution in [2.45, 2.75) is 0 Å². The first kappa shape index (κ1) is 14.9. The monoisotopic (exact) mass is 302 g/mol. The Labute approximate surface area is 134 Å². The summed E-state index contributed by atoms with van der Waals surface area (Å²) in [5, 5.41) is 0. The molecule has 3 rings (SSSR count). The molecule has 0 fully saturated rings. The highest BCUT2D eigenvalue weighted by atomic mass is 19.1. The third-order valence-electron chi connectivity index (χ3n) is 3.56. The Morgan fingerprint density at radius 1 is 0.696 bits per heavy atom. The summed E-state index contributed by atoms with van der Waals surface area (Å²) in [7, 11) is 0. The number of Topliss-reactive ketones (excluding diaryl/α,β-unsaturated/α-hetero) is 1.